The van der Waals surface area contributed by atoms with Crippen molar-refractivity contribution >= 4 is 18.0 Å². The summed E-state index contributed by atoms with van der Waals surface area (Å²) in [6, 6.07) is 13.4. The van der Waals surface area contributed by atoms with Gasteiger partial charge in [-0.3, -0.25) is 0 Å². The van der Waals surface area contributed by atoms with Gasteiger partial charge in [-0.1, -0.05) is 24.3 Å². The molecule has 1 heterocycles. The molecule has 3 heteroatoms. The van der Waals surface area contributed by atoms with Crippen LogP contribution in [0.3, 0.4) is 0 Å². The van der Waals surface area contributed by atoms with Crippen molar-refractivity contribution < 1.29 is 4.74 Å². The molecule has 0 amide bonds. The Balaban J connectivity index is 2.19. The summed E-state index contributed by atoms with van der Waals surface area (Å²) in [5, 5.41) is 0. The first-order valence-electron chi connectivity index (χ1n) is 5.32. The Morgan fingerprint density at radius 2 is 1.94 bits per heavy atom. The van der Waals surface area contributed by atoms with Crippen LogP contribution >= 0.6 is 0 Å². The molecule has 0 radical (unpaired) electrons. The first-order chi connectivity index (χ1) is 8.28. The van der Waals surface area contributed by atoms with Gasteiger partial charge in [0.1, 0.15) is 11.6 Å². The number of hydrogen-bond donors (Lipinski definition) is 1. The third kappa shape index (κ3) is 3.08. The number of methoxy groups -OCH3 is 1. The lowest BCUT2D eigenvalue weighted by Gasteiger charge is -2.00. The van der Waals surface area contributed by atoms with Crippen LogP contribution in [0.15, 0.2) is 42.5 Å². The van der Waals surface area contributed by atoms with Gasteiger partial charge in [0.25, 0.3) is 0 Å². The Morgan fingerprint density at radius 1 is 1.12 bits per heavy atom. The van der Waals surface area contributed by atoms with E-state index in [-0.39, 0.29) is 0 Å². The first-order valence-corrected chi connectivity index (χ1v) is 5.32. The van der Waals surface area contributed by atoms with Gasteiger partial charge in [0, 0.05) is 0 Å². The summed E-state index contributed by atoms with van der Waals surface area (Å²) in [5.41, 5.74) is 7.51. The van der Waals surface area contributed by atoms with Gasteiger partial charge in [0.2, 0.25) is 0 Å². The standard InChI is InChI=1S/C14H14N2O/c1-17-13-6-2-4-11(10-13)8-9-12-5-3-7-14(15)16-12/h2-10H,1H3,(H2,15,16)/b9-8+. The lowest BCUT2D eigenvalue weighted by molar-refractivity contribution is 0.414. The zero-order chi connectivity index (χ0) is 12.1. The molecule has 2 aromatic rings. The number of nitrogen functional groups attached to an aromatic ring is 1. The summed E-state index contributed by atoms with van der Waals surface area (Å²) in [6.07, 6.45) is 3.90. The maximum atomic E-state index is 5.61. The number of benzene rings is 1. The van der Waals surface area contributed by atoms with Crippen LogP contribution in [-0.2, 0) is 0 Å². The van der Waals surface area contributed by atoms with E-state index in [1.807, 2.05) is 48.6 Å². The molecule has 0 saturated heterocycles. The van der Waals surface area contributed by atoms with Gasteiger partial charge in [0.05, 0.1) is 12.8 Å². The fourth-order valence-electron chi connectivity index (χ4n) is 1.49. The topological polar surface area (TPSA) is 48.1 Å². The van der Waals surface area contributed by atoms with Gasteiger partial charge < -0.3 is 10.5 Å². The minimum absolute atomic E-state index is 0.526. The number of nitrogens with two attached hydrogens (primary N) is 1. The van der Waals surface area contributed by atoms with Crippen LogP contribution in [0.25, 0.3) is 12.2 Å². The van der Waals surface area contributed by atoms with Crippen LogP contribution in [0.2, 0.25) is 0 Å². The third-order valence-corrected chi connectivity index (χ3v) is 2.33. The van der Waals surface area contributed by atoms with Gasteiger partial charge in [-0.05, 0) is 35.9 Å². The van der Waals surface area contributed by atoms with Gasteiger partial charge in [-0.2, -0.15) is 0 Å². The average Bonchev–Trinajstić information content (AvgIpc) is 2.37. The van der Waals surface area contributed by atoms with Gasteiger partial charge >= 0.3 is 0 Å². The summed E-state index contributed by atoms with van der Waals surface area (Å²) in [7, 11) is 1.66. The second-order valence-electron chi connectivity index (χ2n) is 3.60. The maximum absolute atomic E-state index is 5.61. The molecule has 0 unspecified atom stereocenters. The smallest absolute Gasteiger partial charge is 0.124 e. The molecule has 0 atom stereocenters. The molecular formula is C14H14N2O. The van der Waals surface area contributed by atoms with Gasteiger partial charge in [-0.15, -0.1) is 0 Å². The van der Waals surface area contributed by atoms with E-state index in [1.54, 1.807) is 13.2 Å². The van der Waals surface area contributed by atoms with Crippen LogP contribution < -0.4 is 10.5 Å². The Labute approximate surface area is 101 Å². The molecule has 1 aromatic carbocycles. The molecule has 1 aromatic heterocycles. The summed E-state index contributed by atoms with van der Waals surface area (Å²) < 4.78 is 5.16. The quantitative estimate of drug-likeness (QED) is 0.875. The average molecular weight is 226 g/mol. The number of ether oxygens (including phenoxy) is 1. The number of aromatic nitrogens is 1. The van der Waals surface area contributed by atoms with E-state index in [4.69, 9.17) is 10.5 Å². The fraction of sp³-hybridized carbons (Fsp3) is 0.0714. The molecule has 2 rings (SSSR count). The second kappa shape index (κ2) is 5.16. The molecule has 0 aliphatic rings. The van der Waals surface area contributed by atoms with Crippen LogP contribution in [-0.4, -0.2) is 12.1 Å². The zero-order valence-corrected chi connectivity index (χ0v) is 9.63. The molecule has 0 bridgehead atoms. The van der Waals surface area contributed by atoms with Crippen molar-refractivity contribution in [2.45, 2.75) is 0 Å². The van der Waals surface area contributed by atoms with E-state index < -0.39 is 0 Å². The SMILES string of the molecule is COc1cccc(/C=C/c2cccc(N)n2)c1. The Bertz CT molecular complexity index is 535. The maximum Gasteiger partial charge on any atom is 0.124 e. The number of anilines is 1. The fourth-order valence-corrected chi connectivity index (χ4v) is 1.49. The van der Waals surface area contributed by atoms with E-state index in [9.17, 15) is 0 Å². The number of pyridine rings is 1. The zero-order valence-electron chi connectivity index (χ0n) is 9.63. The molecule has 0 saturated carbocycles. The molecule has 0 aliphatic heterocycles. The largest absolute Gasteiger partial charge is 0.497 e. The first kappa shape index (κ1) is 11.2. The molecule has 3 nitrogen and oxygen atoms in total. The van der Waals surface area contributed by atoms with Crippen molar-refractivity contribution in [2.75, 3.05) is 12.8 Å². The van der Waals surface area contributed by atoms with E-state index in [0.29, 0.717) is 5.82 Å². The Morgan fingerprint density at radius 3 is 2.71 bits per heavy atom. The van der Waals surface area contributed by atoms with Crippen LogP contribution in [0.4, 0.5) is 5.82 Å². The highest BCUT2D eigenvalue weighted by Crippen LogP contribution is 2.14. The molecule has 17 heavy (non-hydrogen) atoms. The molecule has 0 spiro atoms. The van der Waals surface area contributed by atoms with E-state index in [0.717, 1.165) is 17.0 Å². The van der Waals surface area contributed by atoms with Crippen molar-refractivity contribution in [1.82, 2.24) is 4.98 Å². The second-order valence-corrected chi connectivity index (χ2v) is 3.60. The summed E-state index contributed by atoms with van der Waals surface area (Å²) in [4.78, 5) is 4.19. The van der Waals surface area contributed by atoms with Crippen molar-refractivity contribution in [2.24, 2.45) is 0 Å². The Hall–Kier alpha value is -2.29. The van der Waals surface area contributed by atoms with Crippen molar-refractivity contribution in [1.29, 1.82) is 0 Å². The highest BCUT2D eigenvalue weighted by atomic mass is 16.5. The molecule has 0 fully saturated rings. The minimum atomic E-state index is 0.526. The molecule has 86 valence electrons. The molecular weight excluding hydrogens is 212 g/mol. The summed E-state index contributed by atoms with van der Waals surface area (Å²) >= 11 is 0. The van der Waals surface area contributed by atoms with Crippen molar-refractivity contribution in [3.8, 4) is 5.75 Å². The number of nitrogens with zero attached hydrogens (tertiary/aromatic N) is 1. The lowest BCUT2D eigenvalue weighted by atomic mass is 10.2. The predicted octanol–water partition coefficient (Wildman–Crippen LogP) is 2.84. The number of rotatable bonds is 3. The number of hydrogen-bond acceptors (Lipinski definition) is 3. The molecule has 0 aliphatic carbocycles. The van der Waals surface area contributed by atoms with E-state index in [2.05, 4.69) is 4.98 Å². The Kier molecular flexibility index (Phi) is 3.40. The highest BCUT2D eigenvalue weighted by molar-refractivity contribution is 5.69. The molecule has 2 N–H and O–H groups in total. The van der Waals surface area contributed by atoms with Gasteiger partial charge in [-0.25, -0.2) is 4.98 Å². The summed E-state index contributed by atoms with van der Waals surface area (Å²) in [6.45, 7) is 0. The van der Waals surface area contributed by atoms with Crippen LogP contribution in [0.1, 0.15) is 11.3 Å². The van der Waals surface area contributed by atoms with E-state index >= 15 is 0 Å². The normalized spacial score (nSPS) is 10.6. The monoisotopic (exact) mass is 226 g/mol. The predicted molar refractivity (Wildman–Crippen MR) is 70.6 cm³/mol. The van der Waals surface area contributed by atoms with E-state index in [1.165, 1.54) is 0 Å². The highest BCUT2D eigenvalue weighted by Gasteiger charge is 1.93. The third-order valence-electron chi connectivity index (χ3n) is 2.33. The van der Waals surface area contributed by atoms with Gasteiger partial charge in [0.15, 0.2) is 0 Å². The summed E-state index contributed by atoms with van der Waals surface area (Å²) in [5.74, 6) is 1.37. The van der Waals surface area contributed by atoms with Crippen molar-refractivity contribution in [3.63, 3.8) is 0 Å². The van der Waals surface area contributed by atoms with Crippen LogP contribution in [0, 0.1) is 0 Å². The minimum Gasteiger partial charge on any atom is -0.497 e. The lowest BCUT2D eigenvalue weighted by Crippen LogP contribution is -1.90. The van der Waals surface area contributed by atoms with Crippen molar-refractivity contribution in [3.05, 3.63) is 53.7 Å². The van der Waals surface area contributed by atoms with Crippen LogP contribution in [0.5, 0.6) is 5.75 Å².